The van der Waals surface area contributed by atoms with Crippen LogP contribution in [-0.2, 0) is 20.9 Å². The first kappa shape index (κ1) is 21.1. The van der Waals surface area contributed by atoms with Gasteiger partial charge in [-0.2, -0.15) is 0 Å². The van der Waals surface area contributed by atoms with Crippen LogP contribution in [0.15, 0.2) is 59.9 Å². The Morgan fingerprint density at radius 3 is 2.59 bits per heavy atom. The molecule has 1 fully saturated rings. The van der Waals surface area contributed by atoms with E-state index in [0.717, 1.165) is 11.1 Å². The zero-order chi connectivity index (χ0) is 22.6. The summed E-state index contributed by atoms with van der Waals surface area (Å²) in [5.74, 6) is -0.205. The summed E-state index contributed by atoms with van der Waals surface area (Å²) in [6.45, 7) is 4.41. The average Bonchev–Trinajstić information content (AvgIpc) is 3.03. The van der Waals surface area contributed by atoms with Crippen molar-refractivity contribution >= 4 is 23.3 Å². The van der Waals surface area contributed by atoms with Gasteiger partial charge >= 0.3 is 0 Å². The molecule has 1 saturated carbocycles. The van der Waals surface area contributed by atoms with Gasteiger partial charge in [0.05, 0.1) is 17.5 Å². The molecule has 1 amide bonds. The van der Waals surface area contributed by atoms with E-state index in [4.69, 9.17) is 16.3 Å². The van der Waals surface area contributed by atoms with E-state index >= 15 is 0 Å². The highest BCUT2D eigenvalue weighted by molar-refractivity contribution is 6.21. The first-order valence-corrected chi connectivity index (χ1v) is 11.5. The normalized spacial score (nSPS) is 29.6. The first-order valence-electron chi connectivity index (χ1n) is 11.1. The predicted octanol–water partition coefficient (Wildman–Crippen LogP) is 4.66. The Bertz CT molecular complexity index is 1110. The predicted molar refractivity (Wildman–Crippen MR) is 121 cm³/mol. The molecule has 3 aliphatic rings. The quantitative estimate of drug-likeness (QED) is 0.689. The van der Waals surface area contributed by atoms with Crippen molar-refractivity contribution in [3.8, 4) is 5.75 Å². The highest BCUT2D eigenvalue weighted by Gasteiger charge is 2.53. The molecule has 32 heavy (non-hydrogen) atoms. The van der Waals surface area contributed by atoms with Crippen LogP contribution in [0.2, 0.25) is 0 Å². The molecule has 0 spiro atoms. The van der Waals surface area contributed by atoms with Crippen LogP contribution in [-0.4, -0.2) is 33.2 Å². The molecule has 5 nitrogen and oxygen atoms in total. The Hall–Kier alpha value is -2.79. The number of hydrogen-bond acceptors (Lipinski definition) is 4. The summed E-state index contributed by atoms with van der Waals surface area (Å²) in [5, 5.41) is 10.0. The van der Waals surface area contributed by atoms with Crippen LogP contribution >= 0.6 is 11.6 Å². The van der Waals surface area contributed by atoms with Gasteiger partial charge in [0, 0.05) is 11.9 Å². The molecular formula is C26H26ClNO4. The van der Waals surface area contributed by atoms with Gasteiger partial charge in [0.2, 0.25) is 0 Å². The third-order valence-electron chi connectivity index (χ3n) is 6.97. The number of benzene rings is 2. The van der Waals surface area contributed by atoms with Crippen molar-refractivity contribution in [1.29, 1.82) is 0 Å². The number of carbonyl (C=O) groups is 2. The minimum atomic E-state index is -0.604. The Morgan fingerprint density at radius 2 is 1.88 bits per heavy atom. The highest BCUT2D eigenvalue weighted by Crippen LogP contribution is 2.48. The number of aromatic hydroxyl groups is 1. The number of alkyl halides is 1. The lowest BCUT2D eigenvalue weighted by atomic mass is 9.74. The molecule has 2 aromatic rings. The fourth-order valence-corrected chi connectivity index (χ4v) is 5.46. The number of amides is 1. The molecule has 0 bridgehead atoms. The second-order valence-electron chi connectivity index (χ2n) is 9.25. The fourth-order valence-electron chi connectivity index (χ4n) is 5.16. The molecule has 0 aromatic heterocycles. The summed E-state index contributed by atoms with van der Waals surface area (Å²) in [6, 6.07) is 14.1. The van der Waals surface area contributed by atoms with Gasteiger partial charge in [0.1, 0.15) is 11.9 Å². The van der Waals surface area contributed by atoms with Gasteiger partial charge in [-0.1, -0.05) is 48.9 Å². The SMILES string of the molecule is Cc1ccc(CN2C(=O)C3=C(C(=O)C4CC(Cl)C(C)CC4O3)C2c2cccc(O)c2)cc1. The number of Topliss-reactive ketones (excluding diaryl/α,β-unsaturated/α-hetero) is 1. The molecule has 5 rings (SSSR count). The van der Waals surface area contributed by atoms with Crippen LogP contribution in [0.4, 0.5) is 0 Å². The van der Waals surface area contributed by atoms with Crippen molar-refractivity contribution in [2.24, 2.45) is 11.8 Å². The van der Waals surface area contributed by atoms with Crippen LogP contribution < -0.4 is 0 Å². The van der Waals surface area contributed by atoms with E-state index in [1.54, 1.807) is 23.1 Å². The summed E-state index contributed by atoms with van der Waals surface area (Å²) >= 11 is 6.51. The monoisotopic (exact) mass is 451 g/mol. The molecule has 166 valence electrons. The van der Waals surface area contributed by atoms with E-state index in [1.165, 1.54) is 0 Å². The van der Waals surface area contributed by atoms with Gasteiger partial charge < -0.3 is 14.7 Å². The van der Waals surface area contributed by atoms with Crippen LogP contribution in [0.5, 0.6) is 5.75 Å². The van der Waals surface area contributed by atoms with E-state index in [-0.39, 0.29) is 46.5 Å². The highest BCUT2D eigenvalue weighted by atomic mass is 35.5. The van der Waals surface area contributed by atoms with Gasteiger partial charge in [0.25, 0.3) is 5.91 Å². The maximum Gasteiger partial charge on any atom is 0.290 e. The second-order valence-corrected chi connectivity index (χ2v) is 9.81. The second kappa shape index (κ2) is 7.96. The van der Waals surface area contributed by atoms with Crippen molar-refractivity contribution < 1.29 is 19.4 Å². The largest absolute Gasteiger partial charge is 0.508 e. The number of carbonyl (C=O) groups excluding carboxylic acids is 2. The molecule has 1 N–H and O–H groups in total. The maximum atomic E-state index is 13.7. The summed E-state index contributed by atoms with van der Waals surface area (Å²) < 4.78 is 6.23. The van der Waals surface area contributed by atoms with Crippen molar-refractivity contribution in [2.75, 3.05) is 0 Å². The molecule has 2 aromatic carbocycles. The molecular weight excluding hydrogens is 426 g/mol. The Morgan fingerprint density at radius 1 is 1.12 bits per heavy atom. The van der Waals surface area contributed by atoms with Crippen LogP contribution in [0.3, 0.4) is 0 Å². The van der Waals surface area contributed by atoms with E-state index in [0.29, 0.717) is 30.5 Å². The molecule has 0 saturated heterocycles. The Balaban J connectivity index is 1.57. The number of ketones is 1. The number of ether oxygens (including phenoxy) is 1. The number of aryl methyl sites for hydroxylation is 1. The number of nitrogens with zero attached hydrogens (tertiary/aromatic N) is 1. The molecule has 5 atom stereocenters. The third-order valence-corrected chi connectivity index (χ3v) is 7.57. The van der Waals surface area contributed by atoms with Gasteiger partial charge in [-0.3, -0.25) is 9.59 Å². The molecule has 6 heteroatoms. The first-order chi connectivity index (χ1) is 15.3. The van der Waals surface area contributed by atoms with Crippen molar-refractivity contribution in [1.82, 2.24) is 4.90 Å². The third kappa shape index (κ3) is 3.49. The molecule has 2 aliphatic heterocycles. The van der Waals surface area contributed by atoms with Gasteiger partial charge in [-0.15, -0.1) is 11.6 Å². The lowest BCUT2D eigenvalue weighted by Crippen LogP contribution is -2.44. The van der Waals surface area contributed by atoms with Crippen LogP contribution in [0, 0.1) is 18.8 Å². The topological polar surface area (TPSA) is 66.8 Å². The number of fused-ring (bicyclic) bond motifs is 1. The van der Waals surface area contributed by atoms with Crippen molar-refractivity contribution in [3.63, 3.8) is 0 Å². The smallest absolute Gasteiger partial charge is 0.290 e. The van der Waals surface area contributed by atoms with Gasteiger partial charge in [0.15, 0.2) is 11.5 Å². The zero-order valence-electron chi connectivity index (χ0n) is 18.1. The summed E-state index contributed by atoms with van der Waals surface area (Å²) in [5.41, 5.74) is 3.19. The van der Waals surface area contributed by atoms with E-state index in [1.807, 2.05) is 37.3 Å². The van der Waals surface area contributed by atoms with Gasteiger partial charge in [-0.25, -0.2) is 0 Å². The average molecular weight is 452 g/mol. The standard InChI is InChI=1S/C26H26ClNO4/c1-14-6-8-16(9-7-14)13-28-23(17-4-3-5-18(29)11-17)22-24(30)19-12-20(27)15(2)10-21(19)32-25(22)26(28)31/h3-9,11,15,19-21,23,29H,10,12-13H2,1-2H3. The number of rotatable bonds is 3. The number of hydrogen-bond donors (Lipinski definition) is 1. The van der Waals surface area contributed by atoms with Crippen molar-refractivity contribution in [2.45, 2.75) is 50.8 Å². The summed E-state index contributed by atoms with van der Waals surface area (Å²) in [7, 11) is 0. The minimum Gasteiger partial charge on any atom is -0.508 e. The Kier molecular flexibility index (Phi) is 5.25. The zero-order valence-corrected chi connectivity index (χ0v) is 18.9. The van der Waals surface area contributed by atoms with Gasteiger partial charge in [-0.05, 0) is 48.9 Å². The molecule has 5 unspecified atom stereocenters. The summed E-state index contributed by atoms with van der Waals surface area (Å²) in [6.07, 6.45) is 0.880. The minimum absolute atomic E-state index is 0.0538. The number of phenols is 1. The maximum absolute atomic E-state index is 13.7. The Labute approximate surface area is 192 Å². The molecule has 1 aliphatic carbocycles. The fraction of sp³-hybridized carbons (Fsp3) is 0.385. The van der Waals surface area contributed by atoms with E-state index in [2.05, 4.69) is 6.92 Å². The lowest BCUT2D eigenvalue weighted by Gasteiger charge is -2.40. The summed E-state index contributed by atoms with van der Waals surface area (Å²) in [4.78, 5) is 28.9. The molecule has 0 radical (unpaired) electrons. The van der Waals surface area contributed by atoms with Crippen LogP contribution in [0.1, 0.15) is 42.5 Å². The van der Waals surface area contributed by atoms with E-state index in [9.17, 15) is 14.7 Å². The van der Waals surface area contributed by atoms with Crippen LogP contribution in [0.25, 0.3) is 0 Å². The lowest BCUT2D eigenvalue weighted by molar-refractivity contribution is -0.136. The van der Waals surface area contributed by atoms with E-state index < -0.39 is 6.04 Å². The number of phenolic OH excluding ortho intramolecular Hbond substituents is 1. The molecule has 2 heterocycles. The number of halogens is 1. The van der Waals surface area contributed by atoms with Crippen molar-refractivity contribution in [3.05, 3.63) is 76.6 Å².